The van der Waals surface area contributed by atoms with Gasteiger partial charge >= 0.3 is 6.01 Å². The third-order valence-electron chi connectivity index (χ3n) is 3.96. The highest BCUT2D eigenvalue weighted by Crippen LogP contribution is 2.36. The van der Waals surface area contributed by atoms with Crippen molar-refractivity contribution in [2.45, 2.75) is 31.0 Å². The summed E-state index contributed by atoms with van der Waals surface area (Å²) in [4.78, 5) is 8.07. The number of aromatic nitrogens is 2. The second-order valence-electron chi connectivity index (χ2n) is 5.67. The first-order chi connectivity index (χ1) is 9.97. The van der Waals surface area contributed by atoms with E-state index in [0.29, 0.717) is 32.1 Å². The van der Waals surface area contributed by atoms with E-state index in [0.717, 1.165) is 12.8 Å². The average Bonchev–Trinajstić information content (AvgIpc) is 2.81. The Kier molecular flexibility index (Phi) is 3.85. The Labute approximate surface area is 124 Å². The summed E-state index contributed by atoms with van der Waals surface area (Å²) in [7, 11) is -3.18. The zero-order chi connectivity index (χ0) is 14.9. The van der Waals surface area contributed by atoms with E-state index in [4.69, 9.17) is 9.47 Å². The van der Waals surface area contributed by atoms with Crippen molar-refractivity contribution < 1.29 is 17.9 Å². The van der Waals surface area contributed by atoms with E-state index >= 15 is 0 Å². The van der Waals surface area contributed by atoms with E-state index in [1.807, 2.05) is 0 Å². The van der Waals surface area contributed by atoms with Crippen molar-refractivity contribution in [3.05, 3.63) is 18.5 Å². The molecule has 2 saturated heterocycles. The predicted octanol–water partition coefficient (Wildman–Crippen LogP) is 0.438. The maximum atomic E-state index is 11.7. The molecular formula is C13H19N3O4S. The Morgan fingerprint density at radius 2 is 2.19 bits per heavy atom. The number of ether oxygens (including phenoxy) is 2. The minimum atomic E-state index is -3.18. The molecule has 0 unspecified atom stereocenters. The third-order valence-corrected chi connectivity index (χ3v) is 5.21. The molecule has 21 heavy (non-hydrogen) atoms. The molecular weight excluding hydrogens is 294 g/mol. The van der Waals surface area contributed by atoms with Crippen LogP contribution in [0.5, 0.6) is 6.01 Å². The maximum absolute atomic E-state index is 11.7. The molecule has 116 valence electrons. The topological polar surface area (TPSA) is 81.6 Å². The lowest BCUT2D eigenvalue weighted by Crippen LogP contribution is -2.49. The first-order valence-corrected chi connectivity index (χ1v) is 8.84. The fraction of sp³-hybridized carbons (Fsp3) is 0.692. The normalized spacial score (nSPS) is 30.6. The van der Waals surface area contributed by atoms with Gasteiger partial charge < -0.3 is 9.47 Å². The second-order valence-corrected chi connectivity index (χ2v) is 7.65. The molecule has 0 amide bonds. The van der Waals surface area contributed by atoms with Gasteiger partial charge in [0.05, 0.1) is 18.5 Å². The Balaban J connectivity index is 1.65. The summed E-state index contributed by atoms with van der Waals surface area (Å²) in [5.74, 6) is 0. The van der Waals surface area contributed by atoms with Gasteiger partial charge in [-0.25, -0.2) is 18.4 Å². The highest BCUT2D eigenvalue weighted by Gasteiger charge is 2.46. The Morgan fingerprint density at radius 3 is 2.90 bits per heavy atom. The number of nitrogens with zero attached hydrogens (tertiary/aromatic N) is 3. The summed E-state index contributed by atoms with van der Waals surface area (Å²) in [5, 5.41) is 0. The summed E-state index contributed by atoms with van der Waals surface area (Å²) in [6.45, 7) is 1.41. The molecule has 0 aliphatic carbocycles. The van der Waals surface area contributed by atoms with Gasteiger partial charge in [0.15, 0.2) is 0 Å². The molecule has 2 aliphatic heterocycles. The van der Waals surface area contributed by atoms with Gasteiger partial charge in [-0.2, -0.15) is 4.31 Å². The van der Waals surface area contributed by atoms with Crippen LogP contribution in [0.15, 0.2) is 18.5 Å². The monoisotopic (exact) mass is 313 g/mol. The fourth-order valence-corrected chi connectivity index (χ4v) is 3.93. The Bertz CT molecular complexity index is 595. The molecule has 3 rings (SSSR count). The first kappa shape index (κ1) is 14.7. The van der Waals surface area contributed by atoms with Crippen molar-refractivity contribution in [1.29, 1.82) is 0 Å². The maximum Gasteiger partial charge on any atom is 0.316 e. The van der Waals surface area contributed by atoms with Crippen LogP contribution in [0, 0.1) is 0 Å². The molecule has 0 bridgehead atoms. The summed E-state index contributed by atoms with van der Waals surface area (Å²) in [6, 6.07) is 2.06. The van der Waals surface area contributed by atoms with Crippen LogP contribution in [-0.2, 0) is 14.8 Å². The molecule has 3 heterocycles. The van der Waals surface area contributed by atoms with E-state index in [9.17, 15) is 8.42 Å². The molecule has 1 aromatic heterocycles. The molecule has 0 radical (unpaired) electrons. The molecule has 2 atom stereocenters. The van der Waals surface area contributed by atoms with Gasteiger partial charge in [0.1, 0.15) is 6.10 Å². The summed E-state index contributed by atoms with van der Waals surface area (Å²) < 4.78 is 36.5. The van der Waals surface area contributed by atoms with Gasteiger partial charge in [0.25, 0.3) is 0 Å². The number of hydrogen-bond acceptors (Lipinski definition) is 6. The van der Waals surface area contributed by atoms with Crippen LogP contribution >= 0.6 is 0 Å². The minimum Gasteiger partial charge on any atom is -0.458 e. The van der Waals surface area contributed by atoms with Crippen LogP contribution in [0.2, 0.25) is 0 Å². The molecule has 2 fully saturated rings. The molecule has 0 saturated carbocycles. The van der Waals surface area contributed by atoms with E-state index < -0.39 is 15.6 Å². The quantitative estimate of drug-likeness (QED) is 0.805. The van der Waals surface area contributed by atoms with Gasteiger partial charge in [0.2, 0.25) is 10.0 Å². The van der Waals surface area contributed by atoms with Crippen molar-refractivity contribution >= 4 is 10.0 Å². The lowest BCUT2D eigenvalue weighted by Gasteiger charge is -2.38. The zero-order valence-electron chi connectivity index (χ0n) is 11.9. The number of piperidine rings is 1. The van der Waals surface area contributed by atoms with E-state index in [1.54, 1.807) is 18.5 Å². The zero-order valence-corrected chi connectivity index (χ0v) is 12.8. The summed E-state index contributed by atoms with van der Waals surface area (Å²) in [6.07, 6.45) is 6.69. The molecule has 0 N–H and O–H groups in total. The van der Waals surface area contributed by atoms with Crippen LogP contribution in [0.3, 0.4) is 0 Å². The van der Waals surface area contributed by atoms with Crippen molar-refractivity contribution in [1.82, 2.24) is 14.3 Å². The first-order valence-electron chi connectivity index (χ1n) is 7.00. The molecule has 0 aromatic carbocycles. The minimum absolute atomic E-state index is 0.132. The summed E-state index contributed by atoms with van der Waals surface area (Å²) in [5.41, 5.74) is -0.430. The van der Waals surface area contributed by atoms with Crippen LogP contribution in [0.1, 0.15) is 19.3 Å². The van der Waals surface area contributed by atoms with Gasteiger partial charge in [-0.05, 0) is 18.9 Å². The van der Waals surface area contributed by atoms with Crippen molar-refractivity contribution in [2.24, 2.45) is 0 Å². The third kappa shape index (κ3) is 3.33. The highest BCUT2D eigenvalue weighted by molar-refractivity contribution is 7.88. The van der Waals surface area contributed by atoms with Gasteiger partial charge in [-0.3, -0.25) is 0 Å². The van der Waals surface area contributed by atoms with Crippen molar-refractivity contribution in [3.8, 4) is 6.01 Å². The Hall–Kier alpha value is -1.25. The fourth-order valence-electron chi connectivity index (χ4n) is 3.00. The number of rotatable bonds is 3. The number of sulfonamides is 1. The molecule has 7 nitrogen and oxygen atoms in total. The van der Waals surface area contributed by atoms with Crippen LogP contribution in [0.4, 0.5) is 0 Å². The molecule has 1 aromatic rings. The van der Waals surface area contributed by atoms with Gasteiger partial charge in [0, 0.05) is 31.9 Å². The van der Waals surface area contributed by atoms with Crippen molar-refractivity contribution in [2.75, 3.05) is 26.0 Å². The number of hydrogen-bond donors (Lipinski definition) is 0. The van der Waals surface area contributed by atoms with E-state index in [-0.39, 0.29) is 6.10 Å². The standard InChI is InChI=1S/C13H19N3O4S/c1-21(17,18)16-7-2-4-13(10-16)8-11(9-19-13)20-12-14-5-3-6-15-12/h3,5-6,11H,2,4,7-10H2,1H3/t11-,13+/m0/s1. The molecule has 2 aliphatic rings. The smallest absolute Gasteiger partial charge is 0.316 e. The van der Waals surface area contributed by atoms with E-state index in [1.165, 1.54) is 10.6 Å². The predicted molar refractivity (Wildman–Crippen MR) is 75.4 cm³/mol. The Morgan fingerprint density at radius 1 is 1.43 bits per heavy atom. The van der Waals surface area contributed by atoms with Crippen LogP contribution in [0.25, 0.3) is 0 Å². The highest BCUT2D eigenvalue weighted by atomic mass is 32.2. The molecule has 8 heteroatoms. The van der Waals surface area contributed by atoms with Gasteiger partial charge in [-0.15, -0.1) is 0 Å². The lowest BCUT2D eigenvalue weighted by atomic mass is 9.90. The van der Waals surface area contributed by atoms with E-state index in [2.05, 4.69) is 9.97 Å². The summed E-state index contributed by atoms with van der Waals surface area (Å²) >= 11 is 0. The lowest BCUT2D eigenvalue weighted by molar-refractivity contribution is -0.0338. The van der Waals surface area contributed by atoms with Crippen LogP contribution in [-0.4, -0.2) is 60.3 Å². The molecule has 1 spiro atoms. The van der Waals surface area contributed by atoms with Crippen LogP contribution < -0.4 is 4.74 Å². The largest absolute Gasteiger partial charge is 0.458 e. The van der Waals surface area contributed by atoms with Crippen molar-refractivity contribution in [3.63, 3.8) is 0 Å². The second kappa shape index (κ2) is 5.51. The van der Waals surface area contributed by atoms with Gasteiger partial charge in [-0.1, -0.05) is 0 Å². The average molecular weight is 313 g/mol. The SMILES string of the molecule is CS(=O)(=O)N1CCC[C@@]2(C[C@H](Oc3ncccn3)CO2)C1.